The van der Waals surface area contributed by atoms with Crippen LogP contribution in [-0.2, 0) is 16.1 Å². The number of nitriles is 1. The van der Waals surface area contributed by atoms with Gasteiger partial charge in [0.25, 0.3) is 0 Å². The third-order valence-electron chi connectivity index (χ3n) is 3.29. The lowest BCUT2D eigenvalue weighted by atomic mass is 10.1. The minimum Gasteiger partial charge on any atom is -0.489 e. The lowest BCUT2D eigenvalue weighted by Crippen LogP contribution is -2.34. The van der Waals surface area contributed by atoms with Crippen molar-refractivity contribution in [1.82, 2.24) is 5.32 Å². The van der Waals surface area contributed by atoms with Crippen LogP contribution in [0.15, 0.2) is 60.7 Å². The lowest BCUT2D eigenvalue weighted by molar-refractivity contribution is -0.136. The summed E-state index contributed by atoms with van der Waals surface area (Å²) in [6.45, 7) is 6.14. The standard InChI is InChI=1S/C20H19N3O3/c1-14(2)13-26-18-8-4-7-17(10-18)23-20(25)19(24)22-12-16-6-3-5-15(9-16)11-21/h3-10H,1,12-13H2,2H3,(H,22,24)(H,23,25). The first kappa shape index (κ1) is 18.7. The summed E-state index contributed by atoms with van der Waals surface area (Å²) in [6, 6.07) is 15.6. The molecular weight excluding hydrogens is 330 g/mol. The van der Waals surface area contributed by atoms with Gasteiger partial charge >= 0.3 is 11.8 Å². The number of rotatable bonds is 6. The largest absolute Gasteiger partial charge is 0.489 e. The maximum absolute atomic E-state index is 12.0. The maximum Gasteiger partial charge on any atom is 0.313 e. The van der Waals surface area contributed by atoms with Crippen molar-refractivity contribution in [3.63, 3.8) is 0 Å². The van der Waals surface area contributed by atoms with E-state index in [1.54, 1.807) is 48.5 Å². The molecule has 0 bridgehead atoms. The van der Waals surface area contributed by atoms with E-state index in [1.807, 2.05) is 13.0 Å². The predicted molar refractivity (Wildman–Crippen MR) is 98.4 cm³/mol. The van der Waals surface area contributed by atoms with Gasteiger partial charge in [0.05, 0.1) is 11.6 Å². The van der Waals surface area contributed by atoms with Crippen LogP contribution in [0.3, 0.4) is 0 Å². The minimum atomic E-state index is -0.779. The van der Waals surface area contributed by atoms with Gasteiger partial charge in [0.2, 0.25) is 0 Å². The summed E-state index contributed by atoms with van der Waals surface area (Å²) in [5, 5.41) is 13.9. The van der Waals surface area contributed by atoms with Crippen molar-refractivity contribution in [1.29, 1.82) is 5.26 Å². The van der Waals surface area contributed by atoms with Crippen LogP contribution < -0.4 is 15.4 Å². The molecule has 0 aliphatic rings. The molecule has 0 radical (unpaired) electrons. The highest BCUT2D eigenvalue weighted by Crippen LogP contribution is 2.17. The fraction of sp³-hybridized carbons (Fsp3) is 0.150. The van der Waals surface area contributed by atoms with E-state index in [2.05, 4.69) is 17.2 Å². The Labute approximate surface area is 152 Å². The number of amides is 2. The first-order valence-electron chi connectivity index (χ1n) is 7.93. The van der Waals surface area contributed by atoms with Gasteiger partial charge in [-0.1, -0.05) is 24.8 Å². The van der Waals surface area contributed by atoms with E-state index in [4.69, 9.17) is 10.00 Å². The Morgan fingerprint density at radius 2 is 1.92 bits per heavy atom. The van der Waals surface area contributed by atoms with Crippen LogP contribution in [0.5, 0.6) is 5.75 Å². The predicted octanol–water partition coefficient (Wildman–Crippen LogP) is 2.77. The van der Waals surface area contributed by atoms with Crippen LogP contribution in [0.1, 0.15) is 18.1 Å². The number of hydrogen-bond acceptors (Lipinski definition) is 4. The first-order chi connectivity index (χ1) is 12.5. The van der Waals surface area contributed by atoms with E-state index >= 15 is 0 Å². The van der Waals surface area contributed by atoms with Gasteiger partial charge < -0.3 is 15.4 Å². The second-order valence-corrected chi connectivity index (χ2v) is 5.72. The highest BCUT2D eigenvalue weighted by molar-refractivity contribution is 6.39. The molecule has 0 fully saturated rings. The Hall–Kier alpha value is -3.59. The van der Waals surface area contributed by atoms with E-state index in [0.29, 0.717) is 23.6 Å². The topological polar surface area (TPSA) is 91.2 Å². The van der Waals surface area contributed by atoms with Crippen molar-refractivity contribution in [3.8, 4) is 11.8 Å². The average molecular weight is 349 g/mol. The van der Waals surface area contributed by atoms with Crippen LogP contribution >= 0.6 is 0 Å². The third-order valence-corrected chi connectivity index (χ3v) is 3.29. The zero-order valence-corrected chi connectivity index (χ0v) is 14.4. The third kappa shape index (κ3) is 5.80. The van der Waals surface area contributed by atoms with Crippen LogP contribution in [0.4, 0.5) is 5.69 Å². The molecule has 2 rings (SSSR count). The van der Waals surface area contributed by atoms with E-state index in [-0.39, 0.29) is 6.54 Å². The molecule has 0 saturated heterocycles. The SMILES string of the molecule is C=C(C)COc1cccc(NC(=O)C(=O)NCc2cccc(C#N)c2)c1. The quantitative estimate of drug-likeness (QED) is 0.620. The molecule has 2 N–H and O–H groups in total. The molecule has 0 aromatic heterocycles. The van der Waals surface area contributed by atoms with Crippen molar-refractivity contribution in [2.75, 3.05) is 11.9 Å². The lowest BCUT2D eigenvalue weighted by Gasteiger charge is -2.09. The Kier molecular flexibility index (Phi) is 6.52. The molecule has 2 amide bonds. The van der Waals surface area contributed by atoms with Crippen molar-refractivity contribution in [2.45, 2.75) is 13.5 Å². The summed E-state index contributed by atoms with van der Waals surface area (Å²) in [5.41, 5.74) is 2.56. The maximum atomic E-state index is 12.0. The summed E-state index contributed by atoms with van der Waals surface area (Å²) < 4.78 is 5.50. The van der Waals surface area contributed by atoms with Crippen LogP contribution in [0, 0.1) is 11.3 Å². The fourth-order valence-electron chi connectivity index (χ4n) is 2.07. The Morgan fingerprint density at radius 1 is 1.15 bits per heavy atom. The summed E-state index contributed by atoms with van der Waals surface area (Å²) >= 11 is 0. The number of ether oxygens (including phenoxy) is 1. The molecule has 6 heteroatoms. The molecule has 2 aromatic carbocycles. The van der Waals surface area contributed by atoms with Gasteiger partial charge in [0.15, 0.2) is 0 Å². The van der Waals surface area contributed by atoms with Gasteiger partial charge in [-0.25, -0.2) is 0 Å². The fourth-order valence-corrected chi connectivity index (χ4v) is 2.07. The van der Waals surface area contributed by atoms with E-state index in [0.717, 1.165) is 11.1 Å². The molecule has 0 aliphatic heterocycles. The molecule has 0 saturated carbocycles. The minimum absolute atomic E-state index is 0.156. The normalized spacial score (nSPS) is 9.69. The van der Waals surface area contributed by atoms with Crippen LogP contribution in [0.25, 0.3) is 0 Å². The molecule has 0 atom stereocenters. The summed E-state index contributed by atoms with van der Waals surface area (Å²) in [4.78, 5) is 23.9. The highest BCUT2D eigenvalue weighted by Gasteiger charge is 2.13. The highest BCUT2D eigenvalue weighted by atomic mass is 16.5. The van der Waals surface area contributed by atoms with Crippen molar-refractivity contribution in [2.24, 2.45) is 0 Å². The Bertz CT molecular complexity index is 869. The number of nitrogens with zero attached hydrogens (tertiary/aromatic N) is 1. The molecule has 132 valence electrons. The van der Waals surface area contributed by atoms with Gasteiger partial charge in [-0.3, -0.25) is 9.59 Å². The number of hydrogen-bond donors (Lipinski definition) is 2. The second-order valence-electron chi connectivity index (χ2n) is 5.72. The van der Waals surface area contributed by atoms with E-state index < -0.39 is 11.8 Å². The zero-order chi connectivity index (χ0) is 18.9. The molecule has 6 nitrogen and oxygen atoms in total. The summed E-state index contributed by atoms with van der Waals surface area (Å²) in [7, 11) is 0. The van der Waals surface area contributed by atoms with Crippen LogP contribution in [0.2, 0.25) is 0 Å². The number of carbonyl (C=O) groups is 2. The Balaban J connectivity index is 1.90. The monoisotopic (exact) mass is 349 g/mol. The van der Waals surface area contributed by atoms with Gasteiger partial charge in [0.1, 0.15) is 12.4 Å². The van der Waals surface area contributed by atoms with Gasteiger partial charge in [0, 0.05) is 18.3 Å². The second kappa shape index (κ2) is 9.04. The number of nitrogens with one attached hydrogen (secondary N) is 2. The smallest absolute Gasteiger partial charge is 0.313 e. The molecule has 26 heavy (non-hydrogen) atoms. The van der Waals surface area contributed by atoms with Crippen LogP contribution in [-0.4, -0.2) is 18.4 Å². The Morgan fingerprint density at radius 3 is 2.65 bits per heavy atom. The van der Waals surface area contributed by atoms with Crippen molar-refractivity contribution in [3.05, 3.63) is 71.8 Å². The van der Waals surface area contributed by atoms with E-state index in [1.165, 1.54) is 0 Å². The molecule has 0 unspecified atom stereocenters. The number of anilines is 1. The van der Waals surface area contributed by atoms with Gasteiger partial charge in [-0.05, 0) is 42.3 Å². The van der Waals surface area contributed by atoms with Gasteiger partial charge in [-0.15, -0.1) is 0 Å². The summed E-state index contributed by atoms with van der Waals surface area (Å²) in [5.74, 6) is -0.973. The molecule has 0 spiro atoms. The molecule has 0 aliphatic carbocycles. The molecule has 2 aromatic rings. The number of benzene rings is 2. The first-order valence-corrected chi connectivity index (χ1v) is 7.93. The average Bonchev–Trinajstić information content (AvgIpc) is 2.64. The molecular formula is C20H19N3O3. The van der Waals surface area contributed by atoms with Crippen molar-refractivity contribution >= 4 is 17.5 Å². The van der Waals surface area contributed by atoms with Gasteiger partial charge in [-0.2, -0.15) is 5.26 Å². The van der Waals surface area contributed by atoms with E-state index in [9.17, 15) is 9.59 Å². The molecule has 0 heterocycles. The zero-order valence-electron chi connectivity index (χ0n) is 14.4. The number of carbonyl (C=O) groups excluding carboxylic acids is 2. The van der Waals surface area contributed by atoms with Crippen molar-refractivity contribution < 1.29 is 14.3 Å². The summed E-state index contributed by atoms with van der Waals surface area (Å²) in [6.07, 6.45) is 0.